The number of ether oxygens (including phenoxy) is 1. The second-order valence-corrected chi connectivity index (χ2v) is 4.29. The molecule has 0 saturated carbocycles. The first-order valence-electron chi connectivity index (χ1n) is 4.12. The summed E-state index contributed by atoms with van der Waals surface area (Å²) in [5.41, 5.74) is -1.50. The van der Waals surface area contributed by atoms with E-state index in [1.807, 2.05) is 0 Å². The minimum atomic E-state index is -5.62. The average Bonchev–Trinajstić information content (AvgIpc) is 2.13. The Bertz CT molecular complexity index is 536. The van der Waals surface area contributed by atoms with Gasteiger partial charge >= 0.3 is 23.0 Å². The summed E-state index contributed by atoms with van der Waals surface area (Å²) in [6.07, 6.45) is -4.94. The molecule has 0 unspecified atom stereocenters. The lowest BCUT2D eigenvalue weighted by Gasteiger charge is -2.11. The van der Waals surface area contributed by atoms with E-state index in [2.05, 4.69) is 4.74 Å². The van der Waals surface area contributed by atoms with Crippen molar-refractivity contribution < 1.29 is 39.0 Å². The van der Waals surface area contributed by atoms with E-state index in [1.54, 1.807) is 0 Å². The maximum Gasteiger partial charge on any atom is 0.416 e. The average molecular weight is 294 g/mol. The lowest BCUT2D eigenvalue weighted by Crippen LogP contribution is -2.10. The molecule has 0 heterocycles. The quantitative estimate of drug-likeness (QED) is 0.636. The molecule has 0 aliphatic heterocycles. The molecule has 0 saturated heterocycles. The first-order valence-corrected chi connectivity index (χ1v) is 5.51. The summed E-state index contributed by atoms with van der Waals surface area (Å²) in [6.45, 7) is -3.50. The molecule has 1 aromatic carbocycles. The van der Waals surface area contributed by atoms with Gasteiger partial charge in [0, 0.05) is 0 Å². The van der Waals surface area contributed by atoms with E-state index in [4.69, 9.17) is 0 Å². The summed E-state index contributed by atoms with van der Waals surface area (Å²) in [5.74, 6) is -1.19. The topological polar surface area (TPSA) is 43.4 Å². The standard InChI is InChI=1S/C8H4F6O3S/c9-7(10)17-5-2-1-4(8(11,12)13)3-6(5)18(14,15)16/h1-3,7H. The molecule has 0 bridgehead atoms. The second kappa shape index (κ2) is 4.67. The third kappa shape index (κ3) is 3.52. The molecule has 0 radical (unpaired) electrons. The second-order valence-electron chi connectivity index (χ2n) is 2.98. The van der Waals surface area contributed by atoms with Crippen molar-refractivity contribution in [3.63, 3.8) is 0 Å². The molecule has 0 aliphatic carbocycles. The Morgan fingerprint density at radius 2 is 1.72 bits per heavy atom. The number of alkyl halides is 5. The molecule has 0 atom stereocenters. The molecule has 0 N–H and O–H groups in total. The Kier molecular flexibility index (Phi) is 3.79. The molecule has 1 rings (SSSR count). The first kappa shape index (κ1) is 14.6. The molecule has 0 spiro atoms. The summed E-state index contributed by atoms with van der Waals surface area (Å²) in [5, 5.41) is 0. The number of hydrogen-bond acceptors (Lipinski definition) is 3. The molecule has 0 fully saturated rings. The zero-order valence-corrected chi connectivity index (χ0v) is 9.03. The van der Waals surface area contributed by atoms with Crippen molar-refractivity contribution in [2.75, 3.05) is 0 Å². The molecule has 18 heavy (non-hydrogen) atoms. The summed E-state index contributed by atoms with van der Waals surface area (Å²) in [4.78, 5) is -1.60. The first-order chi connectivity index (χ1) is 8.01. The highest BCUT2D eigenvalue weighted by molar-refractivity contribution is 7.86. The Balaban J connectivity index is 3.40. The van der Waals surface area contributed by atoms with E-state index < -0.39 is 39.2 Å². The maximum absolute atomic E-state index is 12.7. The predicted molar refractivity (Wildman–Crippen MR) is 46.4 cm³/mol. The summed E-state index contributed by atoms with van der Waals surface area (Å²) < 4.78 is 97.9. The Morgan fingerprint density at radius 3 is 2.11 bits per heavy atom. The van der Waals surface area contributed by atoms with Crippen LogP contribution in [0.4, 0.5) is 25.8 Å². The fraction of sp³-hybridized carbons (Fsp3) is 0.250. The molecule has 3 nitrogen and oxygen atoms in total. The highest BCUT2D eigenvalue weighted by Crippen LogP contribution is 2.35. The van der Waals surface area contributed by atoms with E-state index in [9.17, 15) is 34.3 Å². The van der Waals surface area contributed by atoms with Crippen LogP contribution in [-0.2, 0) is 16.4 Å². The van der Waals surface area contributed by atoms with Gasteiger partial charge in [0.1, 0.15) is 10.6 Å². The molecule has 10 heteroatoms. The lowest BCUT2D eigenvalue weighted by atomic mass is 10.2. The van der Waals surface area contributed by atoms with Gasteiger partial charge in [-0.1, -0.05) is 0 Å². The van der Waals surface area contributed by atoms with E-state index >= 15 is 0 Å². The van der Waals surface area contributed by atoms with Crippen molar-refractivity contribution >= 4 is 10.2 Å². The van der Waals surface area contributed by atoms with Gasteiger partial charge in [-0.25, -0.2) is 0 Å². The van der Waals surface area contributed by atoms with Crippen molar-refractivity contribution in [1.82, 2.24) is 0 Å². The van der Waals surface area contributed by atoms with Gasteiger partial charge in [-0.3, -0.25) is 0 Å². The van der Waals surface area contributed by atoms with Gasteiger partial charge in [0.2, 0.25) is 0 Å². The zero-order valence-electron chi connectivity index (χ0n) is 8.21. The van der Waals surface area contributed by atoms with Crippen LogP contribution in [0.1, 0.15) is 5.56 Å². The van der Waals surface area contributed by atoms with Crippen molar-refractivity contribution in [1.29, 1.82) is 0 Å². The van der Waals surface area contributed by atoms with Gasteiger partial charge in [0.05, 0.1) is 5.56 Å². The number of benzene rings is 1. The lowest BCUT2D eigenvalue weighted by molar-refractivity contribution is -0.137. The van der Waals surface area contributed by atoms with Crippen LogP contribution >= 0.6 is 0 Å². The Morgan fingerprint density at radius 1 is 1.17 bits per heavy atom. The van der Waals surface area contributed by atoms with Crippen molar-refractivity contribution in [3.8, 4) is 5.75 Å². The van der Waals surface area contributed by atoms with Crippen molar-refractivity contribution in [3.05, 3.63) is 23.8 Å². The molecule has 0 aliphatic rings. The van der Waals surface area contributed by atoms with Gasteiger partial charge in [-0.05, 0) is 18.2 Å². The fourth-order valence-corrected chi connectivity index (χ4v) is 1.69. The summed E-state index contributed by atoms with van der Waals surface area (Å²) in [6, 6.07) is 0.487. The maximum atomic E-state index is 12.7. The largest absolute Gasteiger partial charge is 0.433 e. The van der Waals surface area contributed by atoms with Gasteiger partial charge in [0.25, 0.3) is 0 Å². The molecule has 102 valence electrons. The fourth-order valence-electron chi connectivity index (χ4n) is 1.07. The SMILES string of the molecule is O=S(=O)(F)c1cc(C(F)(F)F)ccc1OC(F)F. The van der Waals surface area contributed by atoms with Gasteiger partial charge in [-0.2, -0.15) is 30.4 Å². The van der Waals surface area contributed by atoms with Gasteiger partial charge in [-0.15, -0.1) is 3.89 Å². The minimum absolute atomic E-state index is 0.118. The number of hydrogen-bond donors (Lipinski definition) is 0. The smallest absolute Gasteiger partial charge is 0.416 e. The minimum Gasteiger partial charge on any atom is -0.433 e. The molecular formula is C8H4F6O3S. The monoisotopic (exact) mass is 294 g/mol. The third-order valence-electron chi connectivity index (χ3n) is 1.75. The molecule has 1 aromatic rings. The van der Waals surface area contributed by atoms with Crippen LogP contribution in [0.2, 0.25) is 0 Å². The van der Waals surface area contributed by atoms with Crippen LogP contribution in [0.15, 0.2) is 23.1 Å². The normalized spacial score (nSPS) is 12.8. The Labute approximate surface area is 97.2 Å². The summed E-state index contributed by atoms with van der Waals surface area (Å²) >= 11 is 0. The predicted octanol–water partition coefficient (Wildman–Crippen LogP) is 2.97. The Hall–Kier alpha value is -1.45. The van der Waals surface area contributed by atoms with Gasteiger partial charge < -0.3 is 4.74 Å². The van der Waals surface area contributed by atoms with Crippen LogP contribution in [0.5, 0.6) is 5.75 Å². The molecule has 0 aromatic heterocycles. The van der Waals surface area contributed by atoms with Crippen LogP contribution in [0.3, 0.4) is 0 Å². The highest BCUT2D eigenvalue weighted by Gasteiger charge is 2.33. The van der Waals surface area contributed by atoms with Crippen molar-refractivity contribution in [2.24, 2.45) is 0 Å². The van der Waals surface area contributed by atoms with E-state index in [-0.39, 0.29) is 6.07 Å². The van der Waals surface area contributed by atoms with Gasteiger partial charge in [0.15, 0.2) is 0 Å². The van der Waals surface area contributed by atoms with Crippen LogP contribution < -0.4 is 4.74 Å². The van der Waals surface area contributed by atoms with Crippen LogP contribution in [0.25, 0.3) is 0 Å². The van der Waals surface area contributed by atoms with Crippen molar-refractivity contribution in [2.45, 2.75) is 17.7 Å². The molecule has 0 amide bonds. The third-order valence-corrected chi connectivity index (χ3v) is 2.59. The zero-order chi connectivity index (χ0) is 14.1. The van der Waals surface area contributed by atoms with Crippen LogP contribution in [-0.4, -0.2) is 15.0 Å². The van der Waals surface area contributed by atoms with Crippen LogP contribution in [0, 0.1) is 0 Å². The van der Waals surface area contributed by atoms with E-state index in [0.717, 1.165) is 0 Å². The van der Waals surface area contributed by atoms with E-state index in [1.165, 1.54) is 0 Å². The van der Waals surface area contributed by atoms with E-state index in [0.29, 0.717) is 12.1 Å². The highest BCUT2D eigenvalue weighted by atomic mass is 32.3. The molecular weight excluding hydrogens is 290 g/mol. The number of rotatable bonds is 3. The summed E-state index contributed by atoms with van der Waals surface area (Å²) in [7, 11) is -5.62. The number of halogens is 6.